The lowest BCUT2D eigenvalue weighted by molar-refractivity contribution is -0.178. The van der Waals surface area contributed by atoms with Crippen molar-refractivity contribution in [1.29, 1.82) is 0 Å². The number of hydroxylamine groups is 2. The van der Waals surface area contributed by atoms with Crippen LogP contribution in [0.5, 0.6) is 0 Å². The van der Waals surface area contributed by atoms with E-state index in [2.05, 4.69) is 0 Å². The van der Waals surface area contributed by atoms with Crippen molar-refractivity contribution in [3.05, 3.63) is 0 Å². The van der Waals surface area contributed by atoms with E-state index in [0.717, 1.165) is 12.8 Å². The smallest absolute Gasteiger partial charge is 0.263 e. The third kappa shape index (κ3) is 0.664. The summed E-state index contributed by atoms with van der Waals surface area (Å²) in [6.07, 6.45) is 1.15. The first-order valence-corrected chi connectivity index (χ1v) is 5.17. The molecule has 0 aliphatic carbocycles. The van der Waals surface area contributed by atoms with E-state index in [1.165, 1.54) is 0 Å². The molecule has 82 valence electrons. The standard InChI is InChI=1S/C10H13NO4/c1-9-5-3-4-6(15-5)10(9,2)8(13)11(14)7(9)12/h5-6,14H,3-4H2,1-2H3/t5-,6+,9-,10+. The SMILES string of the molecule is C[C@@]12C(=O)N(O)C(=O)[C@]1(C)[C@@H]1CC[C@H]2O1. The molecule has 0 spiro atoms. The highest BCUT2D eigenvalue weighted by molar-refractivity contribution is 6.09. The number of hydrogen-bond acceptors (Lipinski definition) is 4. The van der Waals surface area contributed by atoms with Gasteiger partial charge >= 0.3 is 0 Å². The fraction of sp³-hybridized carbons (Fsp3) is 0.800. The Bertz CT molecular complexity index is 348. The van der Waals surface area contributed by atoms with Crippen molar-refractivity contribution in [1.82, 2.24) is 5.06 Å². The molecule has 2 amide bonds. The number of carbonyl (C=O) groups excluding carboxylic acids is 2. The fourth-order valence-corrected chi connectivity index (χ4v) is 3.41. The lowest BCUT2D eigenvalue weighted by Gasteiger charge is -2.36. The number of hydrogen-bond donors (Lipinski definition) is 1. The van der Waals surface area contributed by atoms with Gasteiger partial charge in [0.15, 0.2) is 0 Å². The number of amides is 2. The predicted molar refractivity (Wildman–Crippen MR) is 47.7 cm³/mol. The second kappa shape index (κ2) is 2.25. The highest BCUT2D eigenvalue weighted by Crippen LogP contribution is 2.63. The molecule has 5 heteroatoms. The number of carbonyl (C=O) groups is 2. The van der Waals surface area contributed by atoms with Crippen LogP contribution in [0.3, 0.4) is 0 Å². The van der Waals surface area contributed by atoms with Crippen LogP contribution in [0.1, 0.15) is 26.7 Å². The molecular weight excluding hydrogens is 198 g/mol. The molecule has 0 radical (unpaired) electrons. The van der Waals surface area contributed by atoms with Crippen molar-refractivity contribution in [2.45, 2.75) is 38.9 Å². The van der Waals surface area contributed by atoms with Gasteiger partial charge in [0, 0.05) is 0 Å². The Hall–Kier alpha value is -0.940. The van der Waals surface area contributed by atoms with E-state index in [1.807, 2.05) is 0 Å². The summed E-state index contributed by atoms with van der Waals surface area (Å²) in [7, 11) is 0. The monoisotopic (exact) mass is 211 g/mol. The molecule has 15 heavy (non-hydrogen) atoms. The summed E-state index contributed by atoms with van der Waals surface area (Å²) in [6, 6.07) is 0. The van der Waals surface area contributed by atoms with Gasteiger partial charge in [0.25, 0.3) is 11.8 Å². The summed E-state index contributed by atoms with van der Waals surface area (Å²) < 4.78 is 5.66. The molecule has 3 heterocycles. The molecule has 3 aliphatic heterocycles. The average molecular weight is 211 g/mol. The Morgan fingerprint density at radius 2 is 1.60 bits per heavy atom. The minimum atomic E-state index is -0.873. The molecule has 2 bridgehead atoms. The van der Waals surface area contributed by atoms with Gasteiger partial charge in [-0.2, -0.15) is 5.06 Å². The second-order valence-corrected chi connectivity index (χ2v) is 5.02. The van der Waals surface area contributed by atoms with Crippen LogP contribution in [0.2, 0.25) is 0 Å². The Balaban J connectivity index is 2.22. The molecule has 0 aromatic heterocycles. The van der Waals surface area contributed by atoms with Gasteiger partial charge in [0.2, 0.25) is 0 Å². The Morgan fingerprint density at radius 1 is 1.20 bits per heavy atom. The molecule has 0 unspecified atom stereocenters. The van der Waals surface area contributed by atoms with Crippen LogP contribution in [0.15, 0.2) is 0 Å². The molecule has 3 rings (SSSR count). The molecule has 3 aliphatic rings. The van der Waals surface area contributed by atoms with Crippen molar-refractivity contribution in [2.24, 2.45) is 10.8 Å². The summed E-state index contributed by atoms with van der Waals surface area (Å²) in [5.74, 6) is -1.02. The quantitative estimate of drug-likeness (QED) is 0.463. The summed E-state index contributed by atoms with van der Waals surface area (Å²) in [5, 5.41) is 9.73. The van der Waals surface area contributed by atoms with Gasteiger partial charge in [0.05, 0.1) is 23.0 Å². The van der Waals surface area contributed by atoms with Gasteiger partial charge < -0.3 is 4.74 Å². The first-order chi connectivity index (χ1) is 6.94. The molecule has 1 N–H and O–H groups in total. The minimum Gasteiger partial charge on any atom is -0.373 e. The molecule has 0 aromatic carbocycles. The lowest BCUT2D eigenvalue weighted by Crippen LogP contribution is -2.48. The van der Waals surface area contributed by atoms with E-state index in [1.54, 1.807) is 13.8 Å². The number of imide groups is 1. The van der Waals surface area contributed by atoms with E-state index in [-0.39, 0.29) is 17.3 Å². The van der Waals surface area contributed by atoms with Crippen molar-refractivity contribution >= 4 is 11.8 Å². The predicted octanol–water partition coefficient (Wildman–Crippen LogP) is 0.318. The maximum Gasteiger partial charge on any atom is 0.263 e. The van der Waals surface area contributed by atoms with E-state index in [4.69, 9.17) is 4.74 Å². The van der Waals surface area contributed by atoms with Crippen LogP contribution in [0.25, 0.3) is 0 Å². The fourth-order valence-electron chi connectivity index (χ4n) is 3.41. The average Bonchev–Trinajstić information content (AvgIpc) is 2.81. The topological polar surface area (TPSA) is 66.8 Å². The first-order valence-electron chi connectivity index (χ1n) is 5.17. The Kier molecular flexibility index (Phi) is 1.39. The van der Waals surface area contributed by atoms with Gasteiger partial charge in [-0.1, -0.05) is 0 Å². The molecule has 0 saturated carbocycles. The number of ether oxygens (including phenoxy) is 1. The molecule has 3 saturated heterocycles. The maximum absolute atomic E-state index is 11.9. The van der Waals surface area contributed by atoms with Crippen LogP contribution in [0.4, 0.5) is 0 Å². The van der Waals surface area contributed by atoms with E-state index in [0.29, 0.717) is 0 Å². The van der Waals surface area contributed by atoms with Crippen LogP contribution in [-0.4, -0.2) is 34.3 Å². The van der Waals surface area contributed by atoms with Crippen molar-refractivity contribution in [2.75, 3.05) is 0 Å². The third-order valence-corrected chi connectivity index (χ3v) is 4.66. The largest absolute Gasteiger partial charge is 0.373 e. The van der Waals surface area contributed by atoms with Gasteiger partial charge in [0.1, 0.15) is 0 Å². The van der Waals surface area contributed by atoms with Gasteiger partial charge in [-0.3, -0.25) is 14.8 Å². The molecule has 3 fully saturated rings. The van der Waals surface area contributed by atoms with Crippen LogP contribution in [0, 0.1) is 10.8 Å². The van der Waals surface area contributed by atoms with E-state index >= 15 is 0 Å². The van der Waals surface area contributed by atoms with Crippen LogP contribution < -0.4 is 0 Å². The summed E-state index contributed by atoms with van der Waals surface area (Å²) in [4.78, 5) is 23.8. The summed E-state index contributed by atoms with van der Waals surface area (Å²) in [6.45, 7) is 3.46. The first kappa shape index (κ1) is 9.30. The zero-order valence-electron chi connectivity index (χ0n) is 8.69. The van der Waals surface area contributed by atoms with Crippen molar-refractivity contribution in [3.8, 4) is 0 Å². The Labute approximate surface area is 87.0 Å². The van der Waals surface area contributed by atoms with E-state index < -0.39 is 22.6 Å². The van der Waals surface area contributed by atoms with Gasteiger partial charge in [-0.15, -0.1) is 0 Å². The van der Waals surface area contributed by atoms with E-state index in [9.17, 15) is 14.8 Å². The highest BCUT2D eigenvalue weighted by Gasteiger charge is 2.77. The highest BCUT2D eigenvalue weighted by atomic mass is 16.5. The normalized spacial score (nSPS) is 52.9. The van der Waals surface area contributed by atoms with Gasteiger partial charge in [-0.25, -0.2) is 0 Å². The van der Waals surface area contributed by atoms with Crippen LogP contribution in [-0.2, 0) is 14.3 Å². The second-order valence-electron chi connectivity index (χ2n) is 5.02. The van der Waals surface area contributed by atoms with Crippen molar-refractivity contribution in [3.63, 3.8) is 0 Å². The zero-order chi connectivity index (χ0) is 11.0. The summed E-state index contributed by atoms with van der Waals surface area (Å²) >= 11 is 0. The molecular formula is C10H13NO4. The third-order valence-electron chi connectivity index (χ3n) is 4.66. The van der Waals surface area contributed by atoms with Gasteiger partial charge in [-0.05, 0) is 26.7 Å². The molecule has 5 nitrogen and oxygen atoms in total. The van der Waals surface area contributed by atoms with Crippen molar-refractivity contribution < 1.29 is 19.5 Å². The number of nitrogens with zero attached hydrogens (tertiary/aromatic N) is 1. The minimum absolute atomic E-state index is 0.221. The zero-order valence-corrected chi connectivity index (χ0v) is 8.69. The lowest BCUT2D eigenvalue weighted by atomic mass is 9.59. The maximum atomic E-state index is 11.9. The molecule has 0 aromatic rings. The number of rotatable bonds is 0. The molecule has 4 atom stereocenters. The van der Waals surface area contributed by atoms with Crippen LogP contribution >= 0.6 is 0 Å². The Morgan fingerprint density at radius 3 is 2.00 bits per heavy atom. The number of fused-ring (bicyclic) bond motifs is 5. The summed E-state index contributed by atoms with van der Waals surface area (Å²) in [5.41, 5.74) is -1.75.